The lowest BCUT2D eigenvalue weighted by Crippen LogP contribution is -2.58. The van der Waals surface area contributed by atoms with Crippen LogP contribution in [0.5, 0.6) is 5.75 Å². The van der Waals surface area contributed by atoms with Crippen LogP contribution in [-0.4, -0.2) is 31.2 Å². The molecule has 0 saturated carbocycles. The van der Waals surface area contributed by atoms with Gasteiger partial charge in [-0.2, -0.15) is 0 Å². The molecule has 7 heteroatoms. The third-order valence-corrected chi connectivity index (χ3v) is 3.89. The van der Waals surface area contributed by atoms with Crippen molar-refractivity contribution in [1.29, 1.82) is 0 Å². The van der Waals surface area contributed by atoms with Crippen LogP contribution in [-0.2, 0) is 9.59 Å². The fourth-order valence-electron chi connectivity index (χ4n) is 2.58. The zero-order valence-electron chi connectivity index (χ0n) is 14.3. The molecule has 2 aromatic rings. The second-order valence-corrected chi connectivity index (χ2v) is 5.76. The van der Waals surface area contributed by atoms with Crippen molar-refractivity contribution in [3.05, 3.63) is 54.1 Å². The van der Waals surface area contributed by atoms with Crippen molar-refractivity contribution >= 4 is 35.4 Å². The molecular weight excluding hydrogens is 334 g/mol. The Bertz CT molecular complexity index is 907. The summed E-state index contributed by atoms with van der Waals surface area (Å²) in [5, 5.41) is 2.19. The molecule has 7 nitrogen and oxygen atoms in total. The number of imide groups is 2. The zero-order chi connectivity index (χ0) is 18.7. The minimum absolute atomic E-state index is 0.313. The molecule has 1 fully saturated rings. The Morgan fingerprint density at radius 2 is 1.88 bits per heavy atom. The minimum atomic E-state index is -1.19. The lowest BCUT2D eigenvalue weighted by molar-refractivity contribution is -0.131. The second kappa shape index (κ2) is 7.18. The van der Waals surface area contributed by atoms with E-state index in [0.29, 0.717) is 17.1 Å². The van der Waals surface area contributed by atoms with Gasteiger partial charge in [-0.25, -0.2) is 9.69 Å². The van der Waals surface area contributed by atoms with Crippen LogP contribution in [0.25, 0.3) is 0 Å². The van der Waals surface area contributed by atoms with E-state index in [9.17, 15) is 14.4 Å². The first-order valence-corrected chi connectivity index (χ1v) is 7.93. The number of benzene rings is 2. The van der Waals surface area contributed by atoms with E-state index in [1.165, 1.54) is 13.3 Å². The largest absolute Gasteiger partial charge is 0.497 e. The summed E-state index contributed by atoms with van der Waals surface area (Å²) < 4.78 is 5.12. The molecule has 1 aliphatic rings. The number of nitrogens with one attached hydrogen (secondary N) is 1. The second-order valence-electron chi connectivity index (χ2n) is 5.76. The molecule has 1 N–H and O–H groups in total. The van der Waals surface area contributed by atoms with Crippen LogP contribution in [0.4, 0.5) is 16.2 Å². The quantitative estimate of drug-likeness (QED) is 0.677. The third kappa shape index (κ3) is 3.46. The molecule has 2 aromatic carbocycles. The van der Waals surface area contributed by atoms with Gasteiger partial charge < -0.3 is 4.74 Å². The molecule has 0 radical (unpaired) electrons. The summed E-state index contributed by atoms with van der Waals surface area (Å²) >= 11 is 0. The Morgan fingerprint density at radius 3 is 2.62 bits per heavy atom. The van der Waals surface area contributed by atoms with Crippen LogP contribution >= 0.6 is 0 Å². The van der Waals surface area contributed by atoms with Crippen molar-refractivity contribution in [2.45, 2.75) is 6.92 Å². The number of hydrogen-bond donors (Lipinski definition) is 1. The molecule has 0 aliphatic carbocycles. The van der Waals surface area contributed by atoms with Gasteiger partial charge in [0.05, 0.1) is 18.5 Å². The normalized spacial score (nSPS) is 17.5. The van der Waals surface area contributed by atoms with Gasteiger partial charge in [0.2, 0.25) is 5.91 Å². The van der Waals surface area contributed by atoms with Crippen molar-refractivity contribution < 1.29 is 19.1 Å². The van der Waals surface area contributed by atoms with Crippen LogP contribution < -0.4 is 15.0 Å². The number of barbiturate groups is 1. The smallest absolute Gasteiger partial charge is 0.335 e. The van der Waals surface area contributed by atoms with E-state index in [1.807, 2.05) is 25.1 Å². The molecule has 0 spiro atoms. The van der Waals surface area contributed by atoms with Crippen LogP contribution in [0.3, 0.4) is 0 Å². The lowest BCUT2D eigenvalue weighted by atomic mass is 10.1. The number of carbonyl (C=O) groups excluding carboxylic acids is 3. The number of carbonyl (C=O) groups is 3. The van der Waals surface area contributed by atoms with E-state index in [1.54, 1.807) is 30.3 Å². The van der Waals surface area contributed by atoms with Crippen molar-refractivity contribution in [2.75, 3.05) is 12.0 Å². The Kier molecular flexibility index (Phi) is 4.79. The average Bonchev–Trinajstić information content (AvgIpc) is 2.61. The van der Waals surface area contributed by atoms with Crippen LogP contribution in [0, 0.1) is 12.8 Å². The van der Waals surface area contributed by atoms with Crippen LogP contribution in [0.2, 0.25) is 0 Å². The maximum absolute atomic E-state index is 12.7. The van der Waals surface area contributed by atoms with Crippen LogP contribution in [0.15, 0.2) is 53.5 Å². The number of hydrogen-bond acceptors (Lipinski definition) is 5. The number of rotatable bonds is 4. The molecule has 1 aliphatic heterocycles. The van der Waals surface area contributed by atoms with Gasteiger partial charge in [-0.3, -0.25) is 19.9 Å². The van der Waals surface area contributed by atoms with Gasteiger partial charge in [0.1, 0.15) is 5.75 Å². The standard InChI is InChI=1S/C19H17N3O4/c1-12-5-3-6-13(9-12)20-11-16-17(23)21-19(25)22(18(16)24)14-7-4-8-15(10-14)26-2/h3-11,16H,1-2H3,(H,21,23,25)/t16-/m1/s1. The summed E-state index contributed by atoms with van der Waals surface area (Å²) in [6.07, 6.45) is 1.26. The first-order chi connectivity index (χ1) is 12.5. The minimum Gasteiger partial charge on any atom is -0.497 e. The van der Waals surface area contributed by atoms with E-state index in [4.69, 9.17) is 4.74 Å². The SMILES string of the molecule is COc1cccc(N2C(=O)NC(=O)[C@@H](C=Nc3cccc(C)c3)C2=O)c1. The molecule has 0 unspecified atom stereocenters. The molecule has 26 heavy (non-hydrogen) atoms. The Balaban J connectivity index is 1.90. The highest BCUT2D eigenvalue weighted by Crippen LogP contribution is 2.24. The summed E-state index contributed by atoms with van der Waals surface area (Å²) in [6.45, 7) is 1.92. The van der Waals surface area contributed by atoms with E-state index in [0.717, 1.165) is 10.5 Å². The van der Waals surface area contributed by atoms with Gasteiger partial charge in [-0.15, -0.1) is 0 Å². The summed E-state index contributed by atoms with van der Waals surface area (Å²) in [5.74, 6) is -2.07. The molecule has 1 atom stereocenters. The highest BCUT2D eigenvalue weighted by Gasteiger charge is 2.40. The molecule has 4 amide bonds. The van der Waals surface area contributed by atoms with Gasteiger partial charge in [-0.05, 0) is 36.8 Å². The zero-order valence-corrected chi connectivity index (χ0v) is 14.3. The van der Waals surface area contributed by atoms with Gasteiger partial charge in [0.15, 0.2) is 5.92 Å². The topological polar surface area (TPSA) is 88.1 Å². The Hall–Kier alpha value is -3.48. The van der Waals surface area contributed by atoms with Gasteiger partial charge in [-0.1, -0.05) is 18.2 Å². The van der Waals surface area contributed by atoms with E-state index >= 15 is 0 Å². The average molecular weight is 351 g/mol. The summed E-state index contributed by atoms with van der Waals surface area (Å²) in [7, 11) is 1.48. The molecule has 1 saturated heterocycles. The Labute approximate surface area is 150 Å². The van der Waals surface area contributed by atoms with Gasteiger partial charge in [0, 0.05) is 12.3 Å². The number of anilines is 1. The van der Waals surface area contributed by atoms with Gasteiger partial charge in [0.25, 0.3) is 5.91 Å². The number of urea groups is 1. The molecule has 0 bridgehead atoms. The lowest BCUT2D eigenvalue weighted by Gasteiger charge is -2.28. The summed E-state index contributed by atoms with van der Waals surface area (Å²) in [6, 6.07) is 13.0. The highest BCUT2D eigenvalue weighted by atomic mass is 16.5. The number of ether oxygens (including phenoxy) is 1. The number of methoxy groups -OCH3 is 1. The van der Waals surface area contributed by atoms with Crippen LogP contribution in [0.1, 0.15) is 5.56 Å². The molecular formula is C19H17N3O4. The molecule has 3 rings (SSSR count). The predicted molar refractivity (Wildman–Crippen MR) is 96.8 cm³/mol. The number of aryl methyl sites for hydroxylation is 1. The monoisotopic (exact) mass is 351 g/mol. The first kappa shape index (κ1) is 17.3. The van der Waals surface area contributed by atoms with E-state index in [-0.39, 0.29) is 0 Å². The maximum Gasteiger partial charge on any atom is 0.335 e. The molecule has 0 aromatic heterocycles. The maximum atomic E-state index is 12.7. The fraction of sp³-hybridized carbons (Fsp3) is 0.158. The van der Waals surface area contributed by atoms with Crippen molar-refractivity contribution in [3.63, 3.8) is 0 Å². The fourth-order valence-corrected chi connectivity index (χ4v) is 2.58. The summed E-state index contributed by atoms with van der Waals surface area (Å²) in [5.41, 5.74) is 1.94. The summed E-state index contributed by atoms with van der Waals surface area (Å²) in [4.78, 5) is 42.1. The van der Waals surface area contributed by atoms with Crippen molar-refractivity contribution in [2.24, 2.45) is 10.9 Å². The van der Waals surface area contributed by atoms with E-state index in [2.05, 4.69) is 10.3 Å². The predicted octanol–water partition coefficient (Wildman–Crippen LogP) is 2.61. The van der Waals surface area contributed by atoms with Gasteiger partial charge >= 0.3 is 6.03 Å². The Morgan fingerprint density at radius 1 is 1.12 bits per heavy atom. The van der Waals surface area contributed by atoms with Crippen molar-refractivity contribution in [3.8, 4) is 5.75 Å². The third-order valence-electron chi connectivity index (χ3n) is 3.89. The highest BCUT2D eigenvalue weighted by molar-refractivity contribution is 6.32. The first-order valence-electron chi connectivity index (χ1n) is 7.93. The number of amides is 4. The number of aliphatic imine (C=N–C) groups is 1. The molecule has 1 heterocycles. The molecule has 132 valence electrons. The number of nitrogens with zero attached hydrogens (tertiary/aromatic N) is 2. The van der Waals surface area contributed by atoms with Crippen molar-refractivity contribution in [1.82, 2.24) is 5.32 Å². The van der Waals surface area contributed by atoms with E-state index < -0.39 is 23.8 Å².